The molecule has 1 atom stereocenters. The number of fused-ring (bicyclic) bond motifs is 2. The molecule has 0 bridgehead atoms. The minimum absolute atomic E-state index is 0.0184. The van der Waals surface area contributed by atoms with Crippen LogP contribution in [0.5, 0.6) is 11.8 Å². The van der Waals surface area contributed by atoms with Crippen molar-refractivity contribution in [3.63, 3.8) is 0 Å². The Morgan fingerprint density at radius 1 is 1.15 bits per heavy atom. The molecule has 0 saturated heterocycles. The monoisotopic (exact) mass is 463 g/mol. The highest BCUT2D eigenvalue weighted by Crippen LogP contribution is 2.47. The number of rotatable bonds is 5. The number of nitrogens with one attached hydrogen (secondary N) is 1. The fourth-order valence-corrected chi connectivity index (χ4v) is 3.95. The molecule has 5 rings (SSSR count). The first-order valence-electron chi connectivity index (χ1n) is 9.86. The third-order valence-electron chi connectivity index (χ3n) is 5.21. The molecule has 0 aromatic carbocycles. The Labute approximate surface area is 183 Å². The Morgan fingerprint density at radius 3 is 2.67 bits per heavy atom. The van der Waals surface area contributed by atoms with Crippen molar-refractivity contribution >= 4 is 11.0 Å². The first-order valence-corrected chi connectivity index (χ1v) is 9.86. The van der Waals surface area contributed by atoms with E-state index < -0.39 is 24.3 Å². The zero-order valence-electron chi connectivity index (χ0n) is 17.1. The van der Waals surface area contributed by atoms with E-state index in [4.69, 9.17) is 4.74 Å². The van der Waals surface area contributed by atoms with E-state index >= 15 is 0 Å². The van der Waals surface area contributed by atoms with Crippen LogP contribution in [0.1, 0.15) is 19.0 Å². The van der Waals surface area contributed by atoms with Crippen LogP contribution in [-0.2, 0) is 6.54 Å². The van der Waals surface area contributed by atoms with Crippen LogP contribution in [0, 0.1) is 0 Å². The summed E-state index contributed by atoms with van der Waals surface area (Å²) in [5.41, 5.74) is -1.06. The highest BCUT2D eigenvalue weighted by molar-refractivity contribution is 6.04. The van der Waals surface area contributed by atoms with Crippen molar-refractivity contribution in [2.75, 3.05) is 6.61 Å². The van der Waals surface area contributed by atoms with Gasteiger partial charge in [0, 0.05) is 28.9 Å². The van der Waals surface area contributed by atoms with Crippen molar-refractivity contribution in [3.05, 3.63) is 42.4 Å². The zero-order chi connectivity index (χ0) is 23.3. The van der Waals surface area contributed by atoms with Gasteiger partial charge in [-0.05, 0) is 31.2 Å². The van der Waals surface area contributed by atoms with Crippen molar-refractivity contribution in [2.24, 2.45) is 0 Å². The lowest BCUT2D eigenvalue weighted by Gasteiger charge is -2.29. The summed E-state index contributed by atoms with van der Waals surface area (Å²) in [5.74, 6) is -0.355. The second kappa shape index (κ2) is 7.73. The fraction of sp³-hybridized carbons (Fsp3) is 0.286. The predicted octanol–water partition coefficient (Wildman–Crippen LogP) is 4.17. The quantitative estimate of drug-likeness (QED) is 0.431. The molecular formula is C21H17F4N5O3. The van der Waals surface area contributed by atoms with Crippen molar-refractivity contribution in [1.82, 2.24) is 24.7 Å². The first kappa shape index (κ1) is 21.2. The van der Waals surface area contributed by atoms with Gasteiger partial charge in [-0.1, -0.05) is 0 Å². The molecule has 33 heavy (non-hydrogen) atoms. The maximum atomic E-state index is 14.1. The van der Waals surface area contributed by atoms with Crippen molar-refractivity contribution in [2.45, 2.75) is 32.1 Å². The predicted molar refractivity (Wildman–Crippen MR) is 108 cm³/mol. The maximum Gasteiger partial charge on any atom is 0.388 e. The molecule has 0 saturated carbocycles. The van der Waals surface area contributed by atoms with Crippen molar-refractivity contribution in [1.29, 1.82) is 0 Å². The second-order valence-corrected chi connectivity index (χ2v) is 7.82. The van der Waals surface area contributed by atoms with Gasteiger partial charge in [0.2, 0.25) is 11.8 Å². The van der Waals surface area contributed by atoms with Gasteiger partial charge in [-0.3, -0.25) is 0 Å². The van der Waals surface area contributed by atoms with Gasteiger partial charge < -0.3 is 19.6 Å². The summed E-state index contributed by atoms with van der Waals surface area (Å²) in [7, 11) is 0. The van der Waals surface area contributed by atoms with Gasteiger partial charge in [0.05, 0.1) is 17.8 Å². The van der Waals surface area contributed by atoms with Gasteiger partial charge in [-0.2, -0.15) is 13.9 Å². The van der Waals surface area contributed by atoms with Crippen LogP contribution in [-0.4, -0.2) is 48.7 Å². The largest absolute Gasteiger partial charge is 0.474 e. The molecule has 2 N–H and O–H groups in total. The number of pyridine rings is 2. The summed E-state index contributed by atoms with van der Waals surface area (Å²) >= 11 is 0. The lowest BCUT2D eigenvalue weighted by molar-refractivity contribution is -0.0524. The lowest BCUT2D eigenvalue weighted by atomic mass is 9.99. The highest BCUT2D eigenvalue weighted by atomic mass is 19.3. The third-order valence-corrected chi connectivity index (χ3v) is 5.21. The fourth-order valence-electron chi connectivity index (χ4n) is 3.95. The molecule has 0 aliphatic carbocycles. The number of hydrogen-bond donors (Lipinski definition) is 2. The SMILES string of the molecule is C[C@@]1(O)COc2c(-c3[nH]c4ncccc4c3-c3cccnc3OC(F)F)c(C(F)F)nn2C1. The standard InChI is InChI=1S/C21H17F4N5O3/c1-21(31)8-30-19(32-9-21)13(15(29-30)16(22)23)14-12(10-4-2-6-26-17(10)28-14)11-5-3-7-27-18(11)33-20(24)25/h2-7,16,20,31H,8-9H2,1H3,(H,26,28)/t21-/m0/s1. The summed E-state index contributed by atoms with van der Waals surface area (Å²) < 4.78 is 65.7. The van der Waals surface area contributed by atoms with E-state index in [9.17, 15) is 22.7 Å². The number of H-pyrrole nitrogens is 1. The molecule has 12 heteroatoms. The summed E-state index contributed by atoms with van der Waals surface area (Å²) in [6.45, 7) is -1.85. The van der Waals surface area contributed by atoms with Crippen LogP contribution in [0.25, 0.3) is 33.4 Å². The average Bonchev–Trinajstić information content (AvgIpc) is 3.31. The molecule has 1 aliphatic heterocycles. The summed E-state index contributed by atoms with van der Waals surface area (Å²) in [5, 5.41) is 14.8. The lowest BCUT2D eigenvalue weighted by Crippen LogP contribution is -2.41. The molecule has 4 aromatic rings. The number of nitrogens with zero attached hydrogens (tertiary/aromatic N) is 4. The van der Waals surface area contributed by atoms with E-state index in [1.165, 1.54) is 36.1 Å². The molecule has 1 aliphatic rings. The Kier molecular flexibility index (Phi) is 4.96. The Morgan fingerprint density at radius 2 is 1.91 bits per heavy atom. The van der Waals surface area contributed by atoms with Gasteiger partial charge in [0.15, 0.2) is 0 Å². The molecule has 4 aromatic heterocycles. The van der Waals surface area contributed by atoms with E-state index in [2.05, 4.69) is 24.8 Å². The van der Waals surface area contributed by atoms with E-state index in [0.29, 0.717) is 11.0 Å². The minimum Gasteiger partial charge on any atom is -0.474 e. The molecule has 5 heterocycles. The molecule has 0 radical (unpaired) electrons. The Hall–Kier alpha value is -3.67. The molecule has 0 amide bonds. The number of alkyl halides is 4. The van der Waals surface area contributed by atoms with Crippen molar-refractivity contribution < 1.29 is 32.1 Å². The number of aliphatic hydroxyl groups is 1. The second-order valence-electron chi connectivity index (χ2n) is 7.82. The smallest absolute Gasteiger partial charge is 0.388 e. The molecule has 0 spiro atoms. The van der Waals surface area contributed by atoms with Crippen LogP contribution in [0.2, 0.25) is 0 Å². The van der Waals surface area contributed by atoms with Gasteiger partial charge in [-0.15, -0.1) is 0 Å². The van der Waals surface area contributed by atoms with E-state index in [1.807, 2.05) is 0 Å². The molecule has 172 valence electrons. The first-order chi connectivity index (χ1) is 15.7. The maximum absolute atomic E-state index is 14.1. The van der Waals surface area contributed by atoms with Crippen molar-refractivity contribution in [3.8, 4) is 34.1 Å². The van der Waals surface area contributed by atoms with Crippen LogP contribution in [0.15, 0.2) is 36.7 Å². The minimum atomic E-state index is -3.14. The summed E-state index contributed by atoms with van der Waals surface area (Å²) in [6.07, 6.45) is -0.197. The number of ether oxygens (including phenoxy) is 2. The molecular weight excluding hydrogens is 446 g/mol. The van der Waals surface area contributed by atoms with Crippen LogP contribution in [0.3, 0.4) is 0 Å². The third kappa shape index (κ3) is 3.65. The Balaban J connectivity index is 1.82. The van der Waals surface area contributed by atoms with E-state index in [-0.39, 0.29) is 47.3 Å². The van der Waals surface area contributed by atoms with E-state index in [0.717, 1.165) is 0 Å². The summed E-state index contributed by atoms with van der Waals surface area (Å²) in [4.78, 5) is 11.1. The molecule has 8 nitrogen and oxygen atoms in total. The Bertz CT molecular complexity index is 1330. The number of aromatic nitrogens is 5. The van der Waals surface area contributed by atoms with Crippen LogP contribution >= 0.6 is 0 Å². The van der Waals surface area contributed by atoms with Gasteiger partial charge >= 0.3 is 6.61 Å². The molecule has 0 fully saturated rings. The number of aromatic amines is 1. The van der Waals surface area contributed by atoms with Crippen LogP contribution in [0.4, 0.5) is 17.6 Å². The zero-order valence-corrected chi connectivity index (χ0v) is 17.1. The average molecular weight is 463 g/mol. The van der Waals surface area contributed by atoms with Gasteiger partial charge in [-0.25, -0.2) is 23.4 Å². The number of halogens is 4. The molecule has 0 unspecified atom stereocenters. The normalized spacial score (nSPS) is 18.1. The summed E-state index contributed by atoms with van der Waals surface area (Å²) in [6, 6.07) is 6.30. The topological polar surface area (TPSA) is 98.1 Å². The van der Waals surface area contributed by atoms with Gasteiger partial charge in [0.1, 0.15) is 23.5 Å². The van der Waals surface area contributed by atoms with Gasteiger partial charge in [0.25, 0.3) is 6.43 Å². The number of hydrogen-bond acceptors (Lipinski definition) is 6. The van der Waals surface area contributed by atoms with Crippen LogP contribution < -0.4 is 9.47 Å². The highest BCUT2D eigenvalue weighted by Gasteiger charge is 2.37. The van der Waals surface area contributed by atoms with E-state index in [1.54, 1.807) is 12.1 Å².